The summed E-state index contributed by atoms with van der Waals surface area (Å²) in [6.45, 7) is 0. The number of nitriles is 1. The summed E-state index contributed by atoms with van der Waals surface area (Å²) in [5.41, 5.74) is 5.68. The molecule has 3 rings (SSSR count). The molecule has 9 heteroatoms. The molecule has 6 nitrogen and oxygen atoms in total. The molecular weight excluding hydrogens is 347 g/mol. The van der Waals surface area contributed by atoms with Gasteiger partial charge >= 0.3 is 6.18 Å². The fourth-order valence-electron chi connectivity index (χ4n) is 2.12. The summed E-state index contributed by atoms with van der Waals surface area (Å²) < 4.78 is 43.4. The lowest BCUT2D eigenvalue weighted by molar-refractivity contribution is -0.137. The van der Waals surface area contributed by atoms with Crippen LogP contribution in [0.2, 0.25) is 0 Å². The molecule has 26 heavy (non-hydrogen) atoms. The summed E-state index contributed by atoms with van der Waals surface area (Å²) in [7, 11) is 0. The Morgan fingerprint density at radius 1 is 1.04 bits per heavy atom. The van der Waals surface area contributed by atoms with Crippen LogP contribution in [0.4, 0.5) is 19.0 Å². The van der Waals surface area contributed by atoms with Crippen molar-refractivity contribution in [2.75, 3.05) is 5.73 Å². The summed E-state index contributed by atoms with van der Waals surface area (Å²) in [5.74, 6) is 0.289. The van der Waals surface area contributed by atoms with Gasteiger partial charge in [-0.15, -0.1) is 0 Å². The van der Waals surface area contributed by atoms with E-state index in [2.05, 4.69) is 15.0 Å². The number of benzene rings is 1. The van der Waals surface area contributed by atoms with Crippen LogP contribution in [0, 0.1) is 11.3 Å². The molecule has 1 aromatic carbocycles. The van der Waals surface area contributed by atoms with Crippen molar-refractivity contribution in [2.24, 2.45) is 0 Å². The van der Waals surface area contributed by atoms with Gasteiger partial charge in [0.1, 0.15) is 23.3 Å². The lowest BCUT2D eigenvalue weighted by atomic mass is 10.1. The fraction of sp³-hybridized carbons (Fsp3) is 0.0588. The third-order valence-electron chi connectivity index (χ3n) is 3.37. The Bertz CT molecular complexity index is 981. The van der Waals surface area contributed by atoms with E-state index in [1.807, 2.05) is 6.07 Å². The zero-order chi connectivity index (χ0) is 18.7. The number of hydrogen-bond donors (Lipinski definition) is 1. The standard InChI is InChI=1S/C17H10F3N5O/c18-17(19,20)12-1-3-13(4-2-12)26-16-14(23-5-6-24-16)11-7-10(8-21)15(22)25-9-11/h1-7,9H,(H2,22,25). The Morgan fingerprint density at radius 2 is 1.73 bits per heavy atom. The topological polar surface area (TPSA) is 97.7 Å². The Morgan fingerprint density at radius 3 is 2.38 bits per heavy atom. The summed E-state index contributed by atoms with van der Waals surface area (Å²) >= 11 is 0. The summed E-state index contributed by atoms with van der Waals surface area (Å²) in [4.78, 5) is 12.1. The number of pyridine rings is 1. The van der Waals surface area contributed by atoms with Crippen molar-refractivity contribution >= 4 is 5.82 Å². The molecular formula is C17H10F3N5O. The van der Waals surface area contributed by atoms with Gasteiger partial charge in [-0.25, -0.2) is 15.0 Å². The molecule has 0 saturated carbocycles. The number of ether oxygens (including phenoxy) is 1. The van der Waals surface area contributed by atoms with E-state index in [1.165, 1.54) is 36.8 Å². The number of alkyl halides is 3. The first-order chi connectivity index (χ1) is 12.4. The zero-order valence-electron chi connectivity index (χ0n) is 13.0. The van der Waals surface area contributed by atoms with Crippen molar-refractivity contribution in [1.82, 2.24) is 15.0 Å². The van der Waals surface area contributed by atoms with Crippen LogP contribution < -0.4 is 10.5 Å². The monoisotopic (exact) mass is 357 g/mol. The first kappa shape index (κ1) is 17.2. The van der Waals surface area contributed by atoms with Crippen molar-refractivity contribution < 1.29 is 17.9 Å². The number of nitrogens with two attached hydrogens (primary N) is 1. The van der Waals surface area contributed by atoms with Gasteiger partial charge in [-0.1, -0.05) is 0 Å². The summed E-state index contributed by atoms with van der Waals surface area (Å²) in [5, 5.41) is 9.06. The molecule has 2 N–H and O–H groups in total. The molecule has 3 aromatic rings. The molecule has 0 radical (unpaired) electrons. The largest absolute Gasteiger partial charge is 0.437 e. The van der Waals surface area contributed by atoms with Crippen LogP contribution >= 0.6 is 0 Å². The Kier molecular flexibility index (Phi) is 4.41. The van der Waals surface area contributed by atoms with E-state index in [1.54, 1.807) is 0 Å². The van der Waals surface area contributed by atoms with Gasteiger partial charge in [-0.05, 0) is 30.3 Å². The van der Waals surface area contributed by atoms with E-state index in [9.17, 15) is 13.2 Å². The molecule has 0 aliphatic heterocycles. The average molecular weight is 357 g/mol. The van der Waals surface area contributed by atoms with E-state index < -0.39 is 11.7 Å². The molecule has 0 aliphatic rings. The van der Waals surface area contributed by atoms with Crippen molar-refractivity contribution in [2.45, 2.75) is 6.18 Å². The van der Waals surface area contributed by atoms with Gasteiger partial charge in [0.15, 0.2) is 0 Å². The second-order valence-corrected chi connectivity index (χ2v) is 5.10. The van der Waals surface area contributed by atoms with E-state index >= 15 is 0 Å². The highest BCUT2D eigenvalue weighted by atomic mass is 19.4. The van der Waals surface area contributed by atoms with Crippen LogP contribution in [-0.4, -0.2) is 15.0 Å². The Hall–Kier alpha value is -3.67. The molecule has 0 bridgehead atoms. The van der Waals surface area contributed by atoms with Gasteiger partial charge in [0, 0.05) is 24.2 Å². The quantitative estimate of drug-likeness (QED) is 0.765. The Labute approximate surface area is 145 Å². The number of aromatic nitrogens is 3. The van der Waals surface area contributed by atoms with Crippen LogP contribution in [-0.2, 0) is 6.18 Å². The third kappa shape index (κ3) is 3.54. The summed E-state index contributed by atoms with van der Waals surface area (Å²) in [6.07, 6.45) is -0.241. The van der Waals surface area contributed by atoms with Crippen molar-refractivity contribution in [1.29, 1.82) is 5.26 Å². The van der Waals surface area contributed by atoms with Crippen LogP contribution in [0.1, 0.15) is 11.1 Å². The molecule has 0 fully saturated rings. The SMILES string of the molecule is N#Cc1cc(-c2nccnc2Oc2ccc(C(F)(F)F)cc2)cnc1N. The van der Waals surface area contributed by atoms with Gasteiger partial charge in [0.2, 0.25) is 5.88 Å². The fourth-order valence-corrected chi connectivity index (χ4v) is 2.12. The number of nitrogens with zero attached hydrogens (tertiary/aromatic N) is 4. The lowest BCUT2D eigenvalue weighted by Crippen LogP contribution is -2.04. The van der Waals surface area contributed by atoms with E-state index in [0.29, 0.717) is 5.56 Å². The zero-order valence-corrected chi connectivity index (χ0v) is 13.0. The van der Waals surface area contributed by atoms with Gasteiger partial charge in [-0.2, -0.15) is 18.4 Å². The van der Waals surface area contributed by atoms with E-state index in [4.69, 9.17) is 15.7 Å². The number of hydrogen-bond acceptors (Lipinski definition) is 6. The minimum Gasteiger partial charge on any atom is -0.437 e. The molecule has 2 heterocycles. The molecule has 2 aromatic heterocycles. The molecule has 0 saturated heterocycles. The number of halogens is 3. The van der Waals surface area contributed by atoms with Crippen LogP contribution in [0.25, 0.3) is 11.3 Å². The third-order valence-corrected chi connectivity index (χ3v) is 3.37. The van der Waals surface area contributed by atoms with Crippen LogP contribution in [0.3, 0.4) is 0 Å². The van der Waals surface area contributed by atoms with Crippen molar-refractivity contribution in [3.8, 4) is 29.0 Å². The predicted octanol–water partition coefficient (Wildman–Crippen LogP) is 3.80. The van der Waals surface area contributed by atoms with E-state index in [-0.39, 0.29) is 28.7 Å². The van der Waals surface area contributed by atoms with Gasteiger partial charge in [0.05, 0.1) is 11.1 Å². The van der Waals surface area contributed by atoms with Gasteiger partial charge in [-0.3, -0.25) is 0 Å². The highest BCUT2D eigenvalue weighted by Gasteiger charge is 2.30. The van der Waals surface area contributed by atoms with Crippen LogP contribution in [0.5, 0.6) is 11.6 Å². The first-order valence-electron chi connectivity index (χ1n) is 7.20. The highest BCUT2D eigenvalue weighted by Crippen LogP contribution is 2.33. The second-order valence-electron chi connectivity index (χ2n) is 5.10. The summed E-state index contributed by atoms with van der Waals surface area (Å²) in [6, 6.07) is 7.57. The maximum absolute atomic E-state index is 12.6. The maximum atomic E-state index is 12.6. The molecule has 0 atom stereocenters. The van der Waals surface area contributed by atoms with Crippen molar-refractivity contribution in [3.63, 3.8) is 0 Å². The molecule has 0 amide bonds. The number of nitrogen functional groups attached to an aromatic ring is 1. The molecule has 0 spiro atoms. The smallest absolute Gasteiger partial charge is 0.416 e. The minimum atomic E-state index is -4.43. The molecule has 0 unspecified atom stereocenters. The van der Waals surface area contributed by atoms with Gasteiger partial charge in [0.25, 0.3) is 0 Å². The Balaban J connectivity index is 1.94. The molecule has 130 valence electrons. The maximum Gasteiger partial charge on any atom is 0.416 e. The van der Waals surface area contributed by atoms with Crippen molar-refractivity contribution in [3.05, 3.63) is 60.0 Å². The minimum absolute atomic E-state index is 0.0581. The number of rotatable bonds is 3. The lowest BCUT2D eigenvalue weighted by Gasteiger charge is -2.11. The second kappa shape index (κ2) is 6.68. The average Bonchev–Trinajstić information content (AvgIpc) is 2.62. The highest BCUT2D eigenvalue weighted by molar-refractivity contribution is 5.67. The predicted molar refractivity (Wildman–Crippen MR) is 85.9 cm³/mol. The first-order valence-corrected chi connectivity index (χ1v) is 7.20. The van der Waals surface area contributed by atoms with Crippen LogP contribution in [0.15, 0.2) is 48.9 Å². The van der Waals surface area contributed by atoms with E-state index in [0.717, 1.165) is 12.1 Å². The normalized spacial score (nSPS) is 11.0. The number of anilines is 1. The van der Waals surface area contributed by atoms with Gasteiger partial charge < -0.3 is 10.5 Å². The molecule has 0 aliphatic carbocycles.